The van der Waals surface area contributed by atoms with Gasteiger partial charge in [-0.2, -0.15) is 0 Å². The maximum Gasteiger partial charge on any atom is 0.344 e. The van der Waals surface area contributed by atoms with Crippen LogP contribution in [0.15, 0.2) is 28.8 Å². The minimum atomic E-state index is -2.10. The molecule has 1 saturated carbocycles. The second-order valence-corrected chi connectivity index (χ2v) is 10.7. The van der Waals surface area contributed by atoms with Crippen LogP contribution in [0.5, 0.6) is 5.75 Å². The van der Waals surface area contributed by atoms with E-state index in [-0.39, 0.29) is 6.04 Å². The number of halogens is 1. The Morgan fingerprint density at radius 2 is 2.00 bits per heavy atom. The van der Waals surface area contributed by atoms with Crippen LogP contribution in [0.1, 0.15) is 32.3 Å². The van der Waals surface area contributed by atoms with Gasteiger partial charge in [-0.3, -0.25) is 9.69 Å². The van der Waals surface area contributed by atoms with E-state index in [0.29, 0.717) is 12.2 Å². The van der Waals surface area contributed by atoms with Crippen molar-refractivity contribution in [2.75, 3.05) is 39.3 Å². The molecule has 3 heterocycles. The van der Waals surface area contributed by atoms with Gasteiger partial charge in [-0.15, -0.1) is 0 Å². The molecule has 0 radical (unpaired) electrons. The normalized spacial score (nSPS) is 37.6. The van der Waals surface area contributed by atoms with Crippen molar-refractivity contribution in [2.45, 2.75) is 55.9 Å². The molecule has 1 aliphatic carbocycles. The molecule has 1 N–H and O–H groups in total. The van der Waals surface area contributed by atoms with Gasteiger partial charge in [0.05, 0.1) is 24.7 Å². The molecular weight excluding hydrogens is 504 g/mol. The number of carbonyl (C=O) groups is 2. The number of anilines is 1. The molecule has 2 fully saturated rings. The highest BCUT2D eigenvalue weighted by Gasteiger charge is 2.80. The summed E-state index contributed by atoms with van der Waals surface area (Å²) in [5.41, 5.74) is -1.54. The summed E-state index contributed by atoms with van der Waals surface area (Å²) in [6, 6.07) is 3.22. The molecule has 8 nitrogen and oxygen atoms in total. The Morgan fingerprint density at radius 1 is 1.26 bits per heavy atom. The van der Waals surface area contributed by atoms with Crippen molar-refractivity contribution in [2.24, 2.45) is 5.41 Å². The highest BCUT2D eigenvalue weighted by atomic mass is 79.9. The first-order valence-corrected chi connectivity index (χ1v) is 12.4. The standard InChI is InChI=1S/C25H31BrN2O6/c1-6-23-8-7-10-28-11-9-24(19(23)28)15-12-16(26)18(32-4)13-17(15)27(3)20(24)25(31,22(30)33-5)21(23)34-14(2)29/h7-8,12-13,19-21,31H,6,9-11H2,1-5H3/t19?,20?,21-,23-,24?,25+/m1/s1. The third kappa shape index (κ3) is 2.61. The molecule has 4 aliphatic rings. The smallest absolute Gasteiger partial charge is 0.344 e. The summed E-state index contributed by atoms with van der Waals surface area (Å²) in [4.78, 5) is 30.3. The van der Waals surface area contributed by atoms with Crippen molar-refractivity contribution >= 4 is 33.6 Å². The molecule has 1 saturated heterocycles. The molecule has 0 bridgehead atoms. The summed E-state index contributed by atoms with van der Waals surface area (Å²) >= 11 is 3.65. The lowest BCUT2D eigenvalue weighted by molar-refractivity contribution is -0.228. The Labute approximate surface area is 207 Å². The second-order valence-electron chi connectivity index (χ2n) is 9.88. The molecule has 1 aromatic carbocycles. The predicted molar refractivity (Wildman–Crippen MR) is 129 cm³/mol. The van der Waals surface area contributed by atoms with Crippen molar-refractivity contribution < 1.29 is 28.9 Å². The van der Waals surface area contributed by atoms with E-state index in [4.69, 9.17) is 14.2 Å². The first-order valence-electron chi connectivity index (χ1n) is 11.6. The summed E-state index contributed by atoms with van der Waals surface area (Å²) < 4.78 is 17.5. The number of nitrogens with zero attached hydrogens (tertiary/aromatic N) is 2. The Morgan fingerprint density at radius 3 is 2.62 bits per heavy atom. The number of likely N-dealkylation sites (N-methyl/N-ethyl adjacent to an activating group) is 1. The molecule has 184 valence electrons. The van der Waals surface area contributed by atoms with Crippen LogP contribution in [0.3, 0.4) is 0 Å². The Bertz CT molecular complexity index is 1090. The lowest BCUT2D eigenvalue weighted by atomic mass is 9.47. The zero-order chi connectivity index (χ0) is 24.6. The SMILES string of the molecule is CC[C@]12C=CCN3CCC4(c5cc(Br)c(OC)cc5N(C)C4[C@@](O)(C(=O)OC)[C@@H]1OC(C)=O)C32. The van der Waals surface area contributed by atoms with Crippen molar-refractivity contribution in [3.8, 4) is 5.75 Å². The minimum absolute atomic E-state index is 0.0849. The summed E-state index contributed by atoms with van der Waals surface area (Å²) in [5, 5.41) is 12.5. The molecule has 34 heavy (non-hydrogen) atoms. The molecule has 9 heteroatoms. The Kier molecular flexibility index (Phi) is 5.35. The van der Waals surface area contributed by atoms with E-state index < -0.39 is 40.5 Å². The van der Waals surface area contributed by atoms with Crippen molar-refractivity contribution in [3.63, 3.8) is 0 Å². The molecule has 5 rings (SSSR count). The van der Waals surface area contributed by atoms with E-state index in [1.54, 1.807) is 7.11 Å². The molecule has 6 atom stereocenters. The van der Waals surface area contributed by atoms with Crippen molar-refractivity contribution in [3.05, 3.63) is 34.3 Å². The number of benzene rings is 1. The van der Waals surface area contributed by atoms with Gasteiger partial charge in [0, 0.05) is 49.1 Å². The van der Waals surface area contributed by atoms with Gasteiger partial charge < -0.3 is 24.2 Å². The van der Waals surface area contributed by atoms with Crippen LogP contribution < -0.4 is 9.64 Å². The Hall–Kier alpha value is -2.10. The van der Waals surface area contributed by atoms with E-state index in [1.807, 2.05) is 24.9 Å². The molecule has 3 unspecified atom stereocenters. The van der Waals surface area contributed by atoms with Gasteiger partial charge in [0.1, 0.15) is 5.75 Å². The highest BCUT2D eigenvalue weighted by Crippen LogP contribution is 2.67. The average Bonchev–Trinajstić information content (AvgIpc) is 3.32. The second kappa shape index (κ2) is 7.70. The molecule has 0 amide bonds. The lowest BCUT2D eigenvalue weighted by Crippen LogP contribution is -2.81. The van der Waals surface area contributed by atoms with Crippen molar-refractivity contribution in [1.29, 1.82) is 0 Å². The van der Waals surface area contributed by atoms with Gasteiger partial charge >= 0.3 is 11.9 Å². The van der Waals surface area contributed by atoms with Crippen LogP contribution in [0.25, 0.3) is 0 Å². The highest BCUT2D eigenvalue weighted by molar-refractivity contribution is 9.10. The van der Waals surface area contributed by atoms with Gasteiger partial charge in [0.25, 0.3) is 0 Å². The Balaban J connectivity index is 1.88. The number of hydrogen-bond donors (Lipinski definition) is 1. The van der Waals surface area contributed by atoms with Crippen LogP contribution in [0.4, 0.5) is 5.69 Å². The zero-order valence-electron chi connectivity index (χ0n) is 20.1. The number of methoxy groups -OCH3 is 2. The van der Waals surface area contributed by atoms with Gasteiger partial charge in [-0.25, -0.2) is 4.79 Å². The van der Waals surface area contributed by atoms with Crippen LogP contribution in [0.2, 0.25) is 0 Å². The number of ether oxygens (including phenoxy) is 3. The quantitative estimate of drug-likeness (QED) is 0.465. The van der Waals surface area contributed by atoms with E-state index >= 15 is 0 Å². The summed E-state index contributed by atoms with van der Waals surface area (Å²) in [5.74, 6) is -0.671. The third-order valence-electron chi connectivity index (χ3n) is 8.68. The number of rotatable bonds is 4. The van der Waals surface area contributed by atoms with E-state index in [0.717, 1.165) is 35.2 Å². The summed E-state index contributed by atoms with van der Waals surface area (Å²) in [7, 11) is 4.76. The maximum absolute atomic E-state index is 13.6. The number of fused-ring (bicyclic) bond motifs is 1. The van der Waals surface area contributed by atoms with Gasteiger partial charge in [0.15, 0.2) is 6.10 Å². The molecule has 3 aliphatic heterocycles. The van der Waals surface area contributed by atoms with Gasteiger partial charge in [-0.1, -0.05) is 19.1 Å². The number of carbonyl (C=O) groups excluding carboxylic acids is 2. The van der Waals surface area contributed by atoms with E-state index in [1.165, 1.54) is 14.0 Å². The molecule has 1 spiro atoms. The third-order valence-corrected chi connectivity index (χ3v) is 9.30. The van der Waals surface area contributed by atoms with Crippen LogP contribution >= 0.6 is 15.9 Å². The fourth-order valence-electron chi connectivity index (χ4n) is 7.71. The lowest BCUT2D eigenvalue weighted by Gasteiger charge is -2.63. The minimum Gasteiger partial charge on any atom is -0.495 e. The monoisotopic (exact) mass is 534 g/mol. The fraction of sp³-hybridized carbons (Fsp3) is 0.600. The van der Waals surface area contributed by atoms with Crippen molar-refractivity contribution in [1.82, 2.24) is 4.90 Å². The number of esters is 2. The van der Waals surface area contributed by atoms with E-state index in [9.17, 15) is 14.7 Å². The molecular formula is C25H31BrN2O6. The fourth-order valence-corrected chi connectivity index (χ4v) is 8.22. The topological polar surface area (TPSA) is 88.5 Å². The predicted octanol–water partition coefficient (Wildman–Crippen LogP) is 2.40. The van der Waals surface area contributed by atoms with E-state index in [2.05, 4.69) is 39.0 Å². The summed E-state index contributed by atoms with van der Waals surface area (Å²) in [6.45, 7) is 4.91. The maximum atomic E-state index is 13.6. The first-order chi connectivity index (χ1) is 16.1. The number of hydrogen-bond acceptors (Lipinski definition) is 8. The molecule has 1 aromatic rings. The first kappa shape index (κ1) is 23.6. The largest absolute Gasteiger partial charge is 0.495 e. The van der Waals surface area contributed by atoms with Crippen LogP contribution in [0, 0.1) is 5.41 Å². The summed E-state index contributed by atoms with van der Waals surface area (Å²) in [6.07, 6.45) is 4.34. The average molecular weight is 535 g/mol. The molecule has 0 aromatic heterocycles. The van der Waals surface area contributed by atoms with Gasteiger partial charge in [-0.05, 0) is 46.9 Å². The zero-order valence-corrected chi connectivity index (χ0v) is 21.7. The van der Waals surface area contributed by atoms with Crippen LogP contribution in [-0.2, 0) is 24.5 Å². The number of aliphatic hydroxyl groups is 1. The van der Waals surface area contributed by atoms with Gasteiger partial charge in [0.2, 0.25) is 5.60 Å². The van der Waals surface area contributed by atoms with Crippen LogP contribution in [-0.4, -0.2) is 80.1 Å².